The van der Waals surface area contributed by atoms with Crippen LogP contribution in [0.3, 0.4) is 0 Å². The van der Waals surface area contributed by atoms with E-state index in [9.17, 15) is 0 Å². The summed E-state index contributed by atoms with van der Waals surface area (Å²) >= 11 is 4.88. The lowest BCUT2D eigenvalue weighted by molar-refractivity contribution is 0.841. The zero-order valence-corrected chi connectivity index (χ0v) is 8.89. The molecule has 1 aromatic carbocycles. The van der Waals surface area contributed by atoms with Crippen molar-refractivity contribution >= 4 is 22.9 Å². The van der Waals surface area contributed by atoms with Crippen LogP contribution >= 0.6 is 12.2 Å². The lowest BCUT2D eigenvalue weighted by atomic mass is 10.2. The predicted molar refractivity (Wildman–Crippen MR) is 63.8 cm³/mol. The first-order chi connectivity index (χ1) is 6.77. The molecule has 14 heavy (non-hydrogen) atoms. The Morgan fingerprint density at radius 1 is 1.43 bits per heavy atom. The van der Waals surface area contributed by atoms with Gasteiger partial charge in [0.05, 0.1) is 4.99 Å². The van der Waals surface area contributed by atoms with Crippen LogP contribution < -0.4 is 10.6 Å². The minimum Gasteiger partial charge on any atom is -0.393 e. The molecule has 0 amide bonds. The highest BCUT2D eigenvalue weighted by molar-refractivity contribution is 7.80. The number of nitrogens with zero attached hydrogens (tertiary/aromatic N) is 1. The lowest BCUT2D eigenvalue weighted by Crippen LogP contribution is -2.25. The van der Waals surface area contributed by atoms with E-state index in [2.05, 4.69) is 29.2 Å². The van der Waals surface area contributed by atoms with Crippen LogP contribution in [0.1, 0.15) is 12.0 Å². The monoisotopic (exact) mass is 206 g/mol. The van der Waals surface area contributed by atoms with Gasteiger partial charge in [-0.3, -0.25) is 0 Å². The molecule has 74 valence electrons. The molecule has 0 spiro atoms. The first-order valence-electron chi connectivity index (χ1n) is 4.88. The molecular formula is C11H14N2S. The van der Waals surface area contributed by atoms with Gasteiger partial charge in [0.15, 0.2) is 0 Å². The molecule has 0 radical (unpaired) electrons. The maximum atomic E-state index is 5.50. The quantitative estimate of drug-likeness (QED) is 0.764. The van der Waals surface area contributed by atoms with E-state index < -0.39 is 0 Å². The smallest absolute Gasteiger partial charge is 0.0745 e. The Balaban J connectivity index is 2.07. The Bertz CT molecular complexity index is 349. The van der Waals surface area contributed by atoms with Crippen LogP contribution in [-0.2, 0) is 6.42 Å². The molecule has 1 aliphatic rings. The fraction of sp³-hybridized carbons (Fsp3) is 0.364. The number of hydrogen-bond acceptors (Lipinski definition) is 2. The lowest BCUT2D eigenvalue weighted by Gasteiger charge is -2.18. The number of fused-ring (bicyclic) bond motifs is 1. The van der Waals surface area contributed by atoms with Crippen molar-refractivity contribution in [2.45, 2.75) is 12.8 Å². The van der Waals surface area contributed by atoms with Gasteiger partial charge in [-0.2, -0.15) is 0 Å². The van der Waals surface area contributed by atoms with Crippen molar-refractivity contribution in [3.05, 3.63) is 29.8 Å². The Hall–Kier alpha value is -1.09. The maximum Gasteiger partial charge on any atom is 0.0745 e. The van der Waals surface area contributed by atoms with Crippen LogP contribution in [0.5, 0.6) is 0 Å². The molecule has 0 bridgehead atoms. The number of anilines is 1. The molecule has 0 saturated heterocycles. The van der Waals surface area contributed by atoms with Crippen LogP contribution in [0.15, 0.2) is 24.3 Å². The molecule has 3 heteroatoms. The molecule has 1 aliphatic heterocycles. The molecular weight excluding hydrogens is 192 g/mol. The van der Waals surface area contributed by atoms with E-state index >= 15 is 0 Å². The largest absolute Gasteiger partial charge is 0.393 e. The van der Waals surface area contributed by atoms with Crippen molar-refractivity contribution in [1.82, 2.24) is 0 Å². The summed E-state index contributed by atoms with van der Waals surface area (Å²) < 4.78 is 0. The Morgan fingerprint density at radius 3 is 3.00 bits per heavy atom. The minimum atomic E-state index is 0.606. The number of nitrogens with two attached hydrogens (primary N) is 1. The third-order valence-electron chi connectivity index (χ3n) is 2.61. The van der Waals surface area contributed by atoms with Gasteiger partial charge in [0.2, 0.25) is 0 Å². The second-order valence-electron chi connectivity index (χ2n) is 3.58. The molecule has 1 aromatic rings. The summed E-state index contributed by atoms with van der Waals surface area (Å²) in [5.41, 5.74) is 8.29. The van der Waals surface area contributed by atoms with Crippen LogP contribution in [0.25, 0.3) is 0 Å². The number of hydrogen-bond donors (Lipinski definition) is 1. The highest BCUT2D eigenvalue weighted by Gasteiger charge is 2.17. The number of benzene rings is 1. The second-order valence-corrected chi connectivity index (χ2v) is 4.11. The van der Waals surface area contributed by atoms with E-state index in [-0.39, 0.29) is 0 Å². The number of thiocarbonyl (C=S) groups is 1. The zero-order valence-electron chi connectivity index (χ0n) is 8.07. The standard InChI is InChI=1S/C11H14N2S/c12-11(14)6-8-13-7-5-9-3-1-2-4-10(9)13/h1-4H,5-8H2,(H2,12,14). The summed E-state index contributed by atoms with van der Waals surface area (Å²) in [6, 6.07) is 8.53. The molecule has 2 rings (SSSR count). The summed E-state index contributed by atoms with van der Waals surface area (Å²) in [5.74, 6) is 0. The maximum absolute atomic E-state index is 5.50. The van der Waals surface area contributed by atoms with E-state index in [1.165, 1.54) is 11.3 Å². The molecule has 0 fully saturated rings. The number of para-hydroxylation sites is 1. The third-order valence-corrected chi connectivity index (χ3v) is 2.82. The Kier molecular flexibility index (Phi) is 2.68. The molecule has 2 N–H and O–H groups in total. The van der Waals surface area contributed by atoms with Gasteiger partial charge in [0.25, 0.3) is 0 Å². The summed E-state index contributed by atoms with van der Waals surface area (Å²) in [6.07, 6.45) is 1.96. The molecule has 0 aliphatic carbocycles. The fourth-order valence-electron chi connectivity index (χ4n) is 1.88. The van der Waals surface area contributed by atoms with E-state index in [0.29, 0.717) is 4.99 Å². The average Bonchev–Trinajstić information content (AvgIpc) is 2.58. The summed E-state index contributed by atoms with van der Waals surface area (Å²) in [6.45, 7) is 2.05. The molecule has 0 saturated carbocycles. The highest BCUT2D eigenvalue weighted by atomic mass is 32.1. The third kappa shape index (κ3) is 1.87. The molecule has 2 nitrogen and oxygen atoms in total. The number of rotatable bonds is 3. The molecule has 0 unspecified atom stereocenters. The van der Waals surface area contributed by atoms with E-state index in [1.807, 2.05) is 0 Å². The van der Waals surface area contributed by atoms with Crippen LogP contribution in [0, 0.1) is 0 Å². The second kappa shape index (κ2) is 3.96. The normalized spacial score (nSPS) is 14.1. The zero-order chi connectivity index (χ0) is 9.97. The van der Waals surface area contributed by atoms with Crippen molar-refractivity contribution in [2.75, 3.05) is 18.0 Å². The summed E-state index contributed by atoms with van der Waals surface area (Å²) in [7, 11) is 0. The van der Waals surface area contributed by atoms with Crippen molar-refractivity contribution in [1.29, 1.82) is 0 Å². The van der Waals surface area contributed by atoms with Crippen molar-refractivity contribution in [2.24, 2.45) is 5.73 Å². The average molecular weight is 206 g/mol. The van der Waals surface area contributed by atoms with Gasteiger partial charge in [-0.1, -0.05) is 30.4 Å². The minimum absolute atomic E-state index is 0.606. The van der Waals surface area contributed by atoms with Gasteiger partial charge in [-0.05, 0) is 18.1 Å². The van der Waals surface area contributed by atoms with Gasteiger partial charge < -0.3 is 10.6 Å². The van der Waals surface area contributed by atoms with Crippen molar-refractivity contribution < 1.29 is 0 Å². The van der Waals surface area contributed by atoms with E-state index in [1.54, 1.807) is 0 Å². The Morgan fingerprint density at radius 2 is 2.21 bits per heavy atom. The molecule has 0 aromatic heterocycles. The van der Waals surface area contributed by atoms with Gasteiger partial charge >= 0.3 is 0 Å². The van der Waals surface area contributed by atoms with Crippen LogP contribution in [-0.4, -0.2) is 18.1 Å². The van der Waals surface area contributed by atoms with Crippen molar-refractivity contribution in [3.8, 4) is 0 Å². The van der Waals surface area contributed by atoms with Crippen molar-refractivity contribution in [3.63, 3.8) is 0 Å². The topological polar surface area (TPSA) is 29.3 Å². The van der Waals surface area contributed by atoms with Gasteiger partial charge in [-0.25, -0.2) is 0 Å². The van der Waals surface area contributed by atoms with Gasteiger partial charge in [-0.15, -0.1) is 0 Å². The fourth-order valence-corrected chi connectivity index (χ4v) is 1.98. The van der Waals surface area contributed by atoms with Crippen LogP contribution in [0.4, 0.5) is 5.69 Å². The van der Waals surface area contributed by atoms with E-state index in [4.69, 9.17) is 18.0 Å². The highest BCUT2D eigenvalue weighted by Crippen LogP contribution is 2.27. The predicted octanol–water partition coefficient (Wildman–Crippen LogP) is 1.73. The Labute approximate surface area is 89.7 Å². The summed E-state index contributed by atoms with van der Waals surface area (Å²) in [4.78, 5) is 2.96. The van der Waals surface area contributed by atoms with Gasteiger partial charge in [0, 0.05) is 25.2 Å². The van der Waals surface area contributed by atoms with Gasteiger partial charge in [0.1, 0.15) is 0 Å². The first-order valence-corrected chi connectivity index (χ1v) is 5.29. The first kappa shape index (κ1) is 9.46. The SMILES string of the molecule is NC(=S)CCN1CCc2ccccc21. The molecule has 0 atom stereocenters. The van der Waals surface area contributed by atoms with Crippen LogP contribution in [0.2, 0.25) is 0 Å². The summed E-state index contributed by atoms with van der Waals surface area (Å²) in [5, 5.41) is 0. The molecule has 1 heterocycles. The van der Waals surface area contributed by atoms with E-state index in [0.717, 1.165) is 25.9 Å².